The molecular weight excluding hydrogens is 272 g/mol. The van der Waals surface area contributed by atoms with Crippen LogP contribution >= 0.6 is 11.6 Å². The standard InChI is InChI=1S/C16H23ClN2O/c1-15(2)7-11(8-16(3,4)10-15)19-14(20)12-9-18-6-5-13(12)17/h5-6,9,11H,7-8,10H2,1-4H3,(H,19,20). The molecule has 0 unspecified atom stereocenters. The lowest BCUT2D eigenvalue weighted by atomic mass is 9.63. The van der Waals surface area contributed by atoms with Crippen LogP contribution in [0.4, 0.5) is 0 Å². The first-order valence-electron chi connectivity index (χ1n) is 7.09. The largest absolute Gasteiger partial charge is 0.349 e. The van der Waals surface area contributed by atoms with Gasteiger partial charge >= 0.3 is 0 Å². The third kappa shape index (κ3) is 3.72. The number of nitrogens with zero attached hydrogens (tertiary/aromatic N) is 1. The maximum Gasteiger partial charge on any atom is 0.254 e. The van der Waals surface area contributed by atoms with Crippen molar-refractivity contribution in [3.05, 3.63) is 29.0 Å². The van der Waals surface area contributed by atoms with Gasteiger partial charge in [-0.2, -0.15) is 0 Å². The topological polar surface area (TPSA) is 42.0 Å². The van der Waals surface area contributed by atoms with Gasteiger partial charge in [0.2, 0.25) is 0 Å². The zero-order valence-electron chi connectivity index (χ0n) is 12.7. The number of rotatable bonds is 2. The third-order valence-electron chi connectivity index (χ3n) is 3.90. The molecule has 1 saturated carbocycles. The molecule has 1 aromatic heterocycles. The minimum absolute atomic E-state index is 0.124. The Bertz CT molecular complexity index is 495. The Morgan fingerprint density at radius 2 is 1.90 bits per heavy atom. The van der Waals surface area contributed by atoms with Gasteiger partial charge in [0, 0.05) is 18.4 Å². The molecule has 0 saturated heterocycles. The molecule has 0 spiro atoms. The van der Waals surface area contributed by atoms with E-state index in [9.17, 15) is 4.79 Å². The Morgan fingerprint density at radius 3 is 2.45 bits per heavy atom. The Labute approximate surface area is 126 Å². The van der Waals surface area contributed by atoms with Crippen LogP contribution in [0.15, 0.2) is 18.5 Å². The fraction of sp³-hybridized carbons (Fsp3) is 0.625. The van der Waals surface area contributed by atoms with Gasteiger partial charge in [-0.15, -0.1) is 0 Å². The maximum atomic E-state index is 12.3. The first kappa shape index (κ1) is 15.3. The van der Waals surface area contributed by atoms with Crippen molar-refractivity contribution in [2.24, 2.45) is 10.8 Å². The molecule has 0 aromatic carbocycles. The van der Waals surface area contributed by atoms with Crippen LogP contribution in [0.1, 0.15) is 57.3 Å². The summed E-state index contributed by atoms with van der Waals surface area (Å²) in [5.41, 5.74) is 0.951. The van der Waals surface area contributed by atoms with E-state index in [1.165, 1.54) is 12.6 Å². The lowest BCUT2D eigenvalue weighted by molar-refractivity contribution is 0.0713. The summed E-state index contributed by atoms with van der Waals surface area (Å²) in [6, 6.07) is 1.84. The van der Waals surface area contributed by atoms with E-state index in [4.69, 9.17) is 11.6 Å². The van der Waals surface area contributed by atoms with Gasteiger partial charge in [-0.05, 0) is 36.2 Å². The van der Waals surface area contributed by atoms with E-state index in [0.29, 0.717) is 10.6 Å². The van der Waals surface area contributed by atoms with E-state index in [1.807, 2.05) is 0 Å². The molecule has 2 rings (SSSR count). The van der Waals surface area contributed by atoms with Gasteiger partial charge in [0.1, 0.15) is 0 Å². The van der Waals surface area contributed by atoms with Gasteiger partial charge in [-0.25, -0.2) is 0 Å². The van der Waals surface area contributed by atoms with E-state index in [1.54, 1.807) is 12.3 Å². The van der Waals surface area contributed by atoms with Crippen LogP contribution in [0, 0.1) is 10.8 Å². The first-order valence-corrected chi connectivity index (χ1v) is 7.47. The summed E-state index contributed by atoms with van der Waals surface area (Å²) in [5, 5.41) is 3.57. The van der Waals surface area contributed by atoms with Gasteiger partial charge in [0.05, 0.1) is 10.6 Å². The molecule has 0 atom stereocenters. The second kappa shape index (κ2) is 5.36. The second-order valence-electron chi connectivity index (χ2n) is 7.44. The van der Waals surface area contributed by atoms with Crippen molar-refractivity contribution >= 4 is 17.5 Å². The van der Waals surface area contributed by atoms with Gasteiger partial charge in [-0.3, -0.25) is 9.78 Å². The summed E-state index contributed by atoms with van der Waals surface area (Å²) in [7, 11) is 0. The Morgan fingerprint density at radius 1 is 1.30 bits per heavy atom. The van der Waals surface area contributed by atoms with Gasteiger partial charge in [0.15, 0.2) is 0 Å². The van der Waals surface area contributed by atoms with Crippen LogP contribution in [-0.4, -0.2) is 16.9 Å². The number of carbonyl (C=O) groups excluding carboxylic acids is 1. The van der Waals surface area contributed by atoms with Crippen molar-refractivity contribution in [1.82, 2.24) is 10.3 Å². The molecule has 110 valence electrons. The quantitative estimate of drug-likeness (QED) is 0.893. The Balaban J connectivity index is 2.10. The molecule has 3 nitrogen and oxygen atoms in total. The van der Waals surface area contributed by atoms with Crippen LogP contribution in [0.2, 0.25) is 5.02 Å². The number of hydrogen-bond donors (Lipinski definition) is 1. The van der Waals surface area contributed by atoms with Crippen LogP contribution in [0.3, 0.4) is 0 Å². The monoisotopic (exact) mass is 294 g/mol. The molecule has 0 radical (unpaired) electrons. The lowest BCUT2D eigenvalue weighted by Gasteiger charge is -2.45. The highest BCUT2D eigenvalue weighted by Gasteiger charge is 2.39. The van der Waals surface area contributed by atoms with Gasteiger partial charge < -0.3 is 5.32 Å². The average Bonchev–Trinajstić information content (AvgIpc) is 2.24. The van der Waals surface area contributed by atoms with Crippen molar-refractivity contribution in [3.8, 4) is 0 Å². The first-order chi connectivity index (χ1) is 9.19. The molecule has 1 N–H and O–H groups in total. The van der Waals surface area contributed by atoms with E-state index in [0.717, 1.165) is 12.8 Å². The highest BCUT2D eigenvalue weighted by Crippen LogP contribution is 2.45. The number of pyridine rings is 1. The number of halogens is 1. The summed E-state index contributed by atoms with van der Waals surface area (Å²) >= 11 is 6.05. The van der Waals surface area contributed by atoms with Crippen LogP contribution < -0.4 is 5.32 Å². The molecule has 1 aromatic rings. The second-order valence-corrected chi connectivity index (χ2v) is 7.85. The van der Waals surface area contributed by atoms with Crippen molar-refractivity contribution in [1.29, 1.82) is 0 Å². The molecule has 0 bridgehead atoms. The molecule has 1 aliphatic rings. The molecule has 1 heterocycles. The zero-order chi connectivity index (χ0) is 15.0. The molecule has 1 aliphatic carbocycles. The minimum atomic E-state index is -0.124. The molecule has 4 heteroatoms. The van der Waals surface area contributed by atoms with E-state index < -0.39 is 0 Å². The summed E-state index contributed by atoms with van der Waals surface area (Å²) in [5.74, 6) is -0.124. The Hall–Kier alpha value is -1.09. The molecular formula is C16H23ClN2O. The number of hydrogen-bond acceptors (Lipinski definition) is 2. The molecule has 0 aliphatic heterocycles. The predicted octanol–water partition coefficient (Wildman–Crippen LogP) is 4.07. The number of amides is 1. The SMILES string of the molecule is CC1(C)CC(NC(=O)c2cnccc2Cl)CC(C)(C)C1. The van der Waals surface area contributed by atoms with Crippen LogP contribution in [-0.2, 0) is 0 Å². The number of nitrogens with one attached hydrogen (secondary N) is 1. The van der Waals surface area contributed by atoms with Crippen molar-refractivity contribution in [2.45, 2.75) is 53.0 Å². The minimum Gasteiger partial charge on any atom is -0.349 e. The number of carbonyl (C=O) groups is 1. The summed E-state index contributed by atoms with van der Waals surface area (Å²) < 4.78 is 0. The lowest BCUT2D eigenvalue weighted by Crippen LogP contribution is -2.46. The average molecular weight is 295 g/mol. The van der Waals surface area contributed by atoms with Crippen molar-refractivity contribution in [3.63, 3.8) is 0 Å². The third-order valence-corrected chi connectivity index (χ3v) is 4.23. The molecule has 1 amide bonds. The fourth-order valence-electron chi connectivity index (χ4n) is 3.76. The van der Waals surface area contributed by atoms with E-state index in [2.05, 4.69) is 38.0 Å². The summed E-state index contributed by atoms with van der Waals surface area (Å²) in [6.45, 7) is 9.07. The normalized spacial score (nSPS) is 21.4. The highest BCUT2D eigenvalue weighted by molar-refractivity contribution is 6.33. The van der Waals surface area contributed by atoms with Gasteiger partial charge in [0.25, 0.3) is 5.91 Å². The van der Waals surface area contributed by atoms with Crippen molar-refractivity contribution in [2.75, 3.05) is 0 Å². The Kier molecular flexibility index (Phi) is 4.10. The zero-order valence-corrected chi connectivity index (χ0v) is 13.4. The van der Waals surface area contributed by atoms with Crippen LogP contribution in [0.5, 0.6) is 0 Å². The van der Waals surface area contributed by atoms with Crippen molar-refractivity contribution < 1.29 is 4.79 Å². The smallest absolute Gasteiger partial charge is 0.254 e. The highest BCUT2D eigenvalue weighted by atomic mass is 35.5. The summed E-state index contributed by atoms with van der Waals surface area (Å²) in [6.07, 6.45) is 6.29. The fourth-order valence-corrected chi connectivity index (χ4v) is 3.95. The molecule has 20 heavy (non-hydrogen) atoms. The number of aromatic nitrogens is 1. The van der Waals surface area contributed by atoms with Crippen LogP contribution in [0.25, 0.3) is 0 Å². The van der Waals surface area contributed by atoms with Gasteiger partial charge in [-0.1, -0.05) is 39.3 Å². The van der Waals surface area contributed by atoms with E-state index >= 15 is 0 Å². The maximum absolute atomic E-state index is 12.3. The van der Waals surface area contributed by atoms with E-state index in [-0.39, 0.29) is 22.8 Å². The summed E-state index contributed by atoms with van der Waals surface area (Å²) in [4.78, 5) is 16.3. The molecule has 1 fully saturated rings. The predicted molar refractivity (Wildman–Crippen MR) is 81.9 cm³/mol.